The maximum atomic E-state index is 11.9. The van der Waals surface area contributed by atoms with Gasteiger partial charge in [-0.1, -0.05) is 13.3 Å². The van der Waals surface area contributed by atoms with E-state index < -0.39 is 0 Å². The van der Waals surface area contributed by atoms with E-state index >= 15 is 0 Å². The maximum absolute atomic E-state index is 11.9. The standard InChI is InChI=1S/C12H22N2O/c1-8(9-5-6-9)12(15)14-11-4-2-3-10(11)7-13/h8-11H,2-7,13H2,1H3,(H,14,15). The Morgan fingerprint density at radius 2 is 2.13 bits per heavy atom. The summed E-state index contributed by atoms with van der Waals surface area (Å²) in [6, 6.07) is 0.351. The van der Waals surface area contributed by atoms with Gasteiger partial charge in [-0.05, 0) is 44.1 Å². The molecule has 0 aromatic carbocycles. The van der Waals surface area contributed by atoms with Gasteiger partial charge in [0.15, 0.2) is 0 Å². The molecule has 0 bridgehead atoms. The number of nitrogens with two attached hydrogens (primary N) is 1. The summed E-state index contributed by atoms with van der Waals surface area (Å²) in [5.41, 5.74) is 5.70. The lowest BCUT2D eigenvalue weighted by Crippen LogP contribution is -2.42. The van der Waals surface area contributed by atoms with E-state index in [1.807, 2.05) is 0 Å². The Hall–Kier alpha value is -0.570. The maximum Gasteiger partial charge on any atom is 0.223 e. The molecular weight excluding hydrogens is 188 g/mol. The molecule has 86 valence electrons. The summed E-state index contributed by atoms with van der Waals surface area (Å²) in [4.78, 5) is 11.9. The topological polar surface area (TPSA) is 55.1 Å². The molecule has 3 N–H and O–H groups in total. The number of hydrogen-bond donors (Lipinski definition) is 2. The van der Waals surface area contributed by atoms with Crippen LogP contribution in [0.25, 0.3) is 0 Å². The molecule has 0 spiro atoms. The van der Waals surface area contributed by atoms with E-state index in [0.29, 0.717) is 24.4 Å². The first-order chi connectivity index (χ1) is 7.22. The highest BCUT2D eigenvalue weighted by Gasteiger charge is 2.35. The molecule has 3 nitrogen and oxygen atoms in total. The Morgan fingerprint density at radius 3 is 2.73 bits per heavy atom. The lowest BCUT2D eigenvalue weighted by Gasteiger charge is -2.21. The number of carbonyl (C=O) groups excluding carboxylic acids is 1. The van der Waals surface area contributed by atoms with Gasteiger partial charge >= 0.3 is 0 Å². The van der Waals surface area contributed by atoms with Crippen LogP contribution in [-0.4, -0.2) is 18.5 Å². The van der Waals surface area contributed by atoms with Crippen LogP contribution in [0.15, 0.2) is 0 Å². The molecule has 15 heavy (non-hydrogen) atoms. The molecule has 3 atom stereocenters. The van der Waals surface area contributed by atoms with Crippen LogP contribution in [0.3, 0.4) is 0 Å². The zero-order chi connectivity index (χ0) is 10.8. The SMILES string of the molecule is CC(C(=O)NC1CCCC1CN)C1CC1. The van der Waals surface area contributed by atoms with Gasteiger partial charge < -0.3 is 11.1 Å². The van der Waals surface area contributed by atoms with Crippen LogP contribution in [0.1, 0.15) is 39.0 Å². The smallest absolute Gasteiger partial charge is 0.223 e. The number of carbonyl (C=O) groups is 1. The first kappa shape index (κ1) is 10.9. The minimum atomic E-state index is 0.212. The van der Waals surface area contributed by atoms with E-state index in [1.54, 1.807) is 0 Å². The van der Waals surface area contributed by atoms with Gasteiger partial charge in [-0.2, -0.15) is 0 Å². The Morgan fingerprint density at radius 1 is 1.40 bits per heavy atom. The lowest BCUT2D eigenvalue weighted by atomic mass is 10.0. The second kappa shape index (κ2) is 4.52. The fourth-order valence-electron chi connectivity index (χ4n) is 2.63. The summed E-state index contributed by atoms with van der Waals surface area (Å²) in [7, 11) is 0. The molecule has 2 aliphatic rings. The number of amides is 1. The van der Waals surface area contributed by atoms with Gasteiger partial charge in [0.1, 0.15) is 0 Å². The zero-order valence-electron chi connectivity index (χ0n) is 9.54. The highest BCUT2D eigenvalue weighted by molar-refractivity contribution is 5.79. The summed E-state index contributed by atoms with van der Waals surface area (Å²) in [6.07, 6.45) is 5.98. The fraction of sp³-hybridized carbons (Fsp3) is 0.917. The zero-order valence-corrected chi connectivity index (χ0v) is 9.54. The van der Waals surface area contributed by atoms with E-state index in [2.05, 4.69) is 12.2 Å². The van der Waals surface area contributed by atoms with Gasteiger partial charge in [0.2, 0.25) is 5.91 Å². The largest absolute Gasteiger partial charge is 0.353 e. The minimum Gasteiger partial charge on any atom is -0.353 e. The molecule has 2 aliphatic carbocycles. The van der Waals surface area contributed by atoms with Crippen LogP contribution < -0.4 is 11.1 Å². The summed E-state index contributed by atoms with van der Waals surface area (Å²) in [6.45, 7) is 2.77. The Balaban J connectivity index is 1.82. The van der Waals surface area contributed by atoms with Crippen molar-refractivity contribution in [3.8, 4) is 0 Å². The minimum absolute atomic E-state index is 0.212. The van der Waals surface area contributed by atoms with Crippen LogP contribution in [-0.2, 0) is 4.79 Å². The fourth-order valence-corrected chi connectivity index (χ4v) is 2.63. The molecular formula is C12H22N2O. The van der Waals surface area contributed by atoms with Crippen molar-refractivity contribution in [2.45, 2.75) is 45.1 Å². The van der Waals surface area contributed by atoms with E-state index in [0.717, 1.165) is 6.42 Å². The van der Waals surface area contributed by atoms with Gasteiger partial charge in [-0.15, -0.1) is 0 Å². The monoisotopic (exact) mass is 210 g/mol. The average molecular weight is 210 g/mol. The Bertz CT molecular complexity index is 238. The van der Waals surface area contributed by atoms with Crippen LogP contribution >= 0.6 is 0 Å². The second-order valence-corrected chi connectivity index (χ2v) is 5.17. The van der Waals surface area contributed by atoms with Gasteiger partial charge in [0.25, 0.3) is 0 Å². The molecule has 2 fully saturated rings. The predicted octanol–water partition coefficient (Wildman–Crippen LogP) is 1.28. The molecule has 2 saturated carbocycles. The van der Waals surface area contributed by atoms with Gasteiger partial charge in [-0.3, -0.25) is 4.79 Å². The molecule has 3 heteroatoms. The third-order valence-electron chi connectivity index (χ3n) is 4.03. The summed E-state index contributed by atoms with van der Waals surface area (Å²) < 4.78 is 0. The van der Waals surface area contributed by atoms with E-state index in [9.17, 15) is 4.79 Å². The summed E-state index contributed by atoms with van der Waals surface area (Å²) in [5, 5.41) is 3.18. The van der Waals surface area contributed by atoms with Crippen LogP contribution in [0.5, 0.6) is 0 Å². The van der Waals surface area contributed by atoms with E-state index in [4.69, 9.17) is 5.73 Å². The van der Waals surface area contributed by atoms with Gasteiger partial charge in [-0.25, -0.2) is 0 Å². The Kier molecular flexibility index (Phi) is 3.29. The lowest BCUT2D eigenvalue weighted by molar-refractivity contribution is -0.126. The predicted molar refractivity (Wildman–Crippen MR) is 60.2 cm³/mol. The Labute approximate surface area is 91.8 Å². The summed E-state index contributed by atoms with van der Waals surface area (Å²) >= 11 is 0. The van der Waals surface area contributed by atoms with Crippen LogP contribution in [0, 0.1) is 17.8 Å². The van der Waals surface area contributed by atoms with Crippen molar-refractivity contribution in [3.05, 3.63) is 0 Å². The molecule has 0 aromatic rings. The average Bonchev–Trinajstić information content (AvgIpc) is 2.99. The second-order valence-electron chi connectivity index (χ2n) is 5.17. The first-order valence-electron chi connectivity index (χ1n) is 6.22. The third kappa shape index (κ3) is 2.51. The van der Waals surface area contributed by atoms with Crippen molar-refractivity contribution >= 4 is 5.91 Å². The quantitative estimate of drug-likeness (QED) is 0.734. The molecule has 1 amide bonds. The molecule has 0 radical (unpaired) electrons. The van der Waals surface area contributed by atoms with E-state index in [-0.39, 0.29) is 11.8 Å². The number of hydrogen-bond acceptors (Lipinski definition) is 2. The molecule has 2 rings (SSSR count). The highest BCUT2D eigenvalue weighted by atomic mass is 16.1. The van der Waals surface area contributed by atoms with Gasteiger partial charge in [0, 0.05) is 12.0 Å². The van der Waals surface area contributed by atoms with Crippen molar-refractivity contribution in [1.29, 1.82) is 0 Å². The molecule has 0 aromatic heterocycles. The number of nitrogens with one attached hydrogen (secondary N) is 1. The summed E-state index contributed by atoms with van der Waals surface area (Å²) in [5.74, 6) is 1.63. The first-order valence-corrected chi connectivity index (χ1v) is 6.22. The van der Waals surface area contributed by atoms with Crippen LogP contribution in [0.2, 0.25) is 0 Å². The molecule has 0 heterocycles. The van der Waals surface area contributed by atoms with Gasteiger partial charge in [0.05, 0.1) is 0 Å². The molecule has 0 saturated heterocycles. The van der Waals surface area contributed by atoms with Crippen molar-refractivity contribution in [2.24, 2.45) is 23.5 Å². The van der Waals surface area contributed by atoms with Crippen molar-refractivity contribution < 1.29 is 4.79 Å². The van der Waals surface area contributed by atoms with Crippen LogP contribution in [0.4, 0.5) is 0 Å². The van der Waals surface area contributed by atoms with Crippen molar-refractivity contribution in [1.82, 2.24) is 5.32 Å². The van der Waals surface area contributed by atoms with E-state index in [1.165, 1.54) is 25.7 Å². The van der Waals surface area contributed by atoms with Crippen molar-refractivity contribution in [2.75, 3.05) is 6.54 Å². The molecule has 0 aliphatic heterocycles. The highest BCUT2D eigenvalue weighted by Crippen LogP contribution is 2.37. The number of rotatable bonds is 4. The normalized spacial score (nSPS) is 32.7. The third-order valence-corrected chi connectivity index (χ3v) is 4.03. The molecule has 3 unspecified atom stereocenters. The van der Waals surface area contributed by atoms with Crippen molar-refractivity contribution in [3.63, 3.8) is 0 Å².